The highest BCUT2D eigenvalue weighted by Gasteiger charge is 2.25. The van der Waals surface area contributed by atoms with E-state index in [0.29, 0.717) is 19.6 Å². The van der Waals surface area contributed by atoms with Crippen LogP contribution in [0.1, 0.15) is 37.6 Å². The number of benzene rings is 1. The summed E-state index contributed by atoms with van der Waals surface area (Å²) < 4.78 is 37.1. The second-order valence-electron chi connectivity index (χ2n) is 8.49. The average Bonchev–Trinajstić information content (AvgIpc) is 2.75. The number of carbonyl (C=O) groups excluding carboxylic acids is 2. The number of piperazine rings is 1. The quantitative estimate of drug-likeness (QED) is 0.550. The molecule has 1 aliphatic heterocycles. The van der Waals surface area contributed by atoms with Gasteiger partial charge in [0.05, 0.1) is 7.11 Å². The van der Waals surface area contributed by atoms with Crippen LogP contribution in [-0.4, -0.2) is 89.2 Å². The number of hydrogen-bond donors (Lipinski definition) is 2. The van der Waals surface area contributed by atoms with E-state index >= 15 is 0 Å². The molecule has 0 bridgehead atoms. The Bertz CT molecular complexity index is 905. The van der Waals surface area contributed by atoms with Crippen LogP contribution in [0.3, 0.4) is 0 Å². The Morgan fingerprint density at radius 1 is 1.12 bits per heavy atom. The standard InChI is InChI=1S/C21H34N4O6S/c1-21(2,3)31-20(27)25-13-11-24(12-14-25)10-6-9-23-19(26)16-7-8-17(30-5)18(15-16)32(28,29)22-4/h7-8,15,22H,6,9-14H2,1-5H3,(H,23,26). The van der Waals surface area contributed by atoms with Crippen molar-refractivity contribution in [1.82, 2.24) is 19.8 Å². The Hall–Kier alpha value is -2.37. The second kappa shape index (κ2) is 11.0. The number of nitrogens with zero attached hydrogens (tertiary/aromatic N) is 2. The summed E-state index contributed by atoms with van der Waals surface area (Å²) in [6, 6.07) is 4.29. The van der Waals surface area contributed by atoms with Crippen LogP contribution in [0.25, 0.3) is 0 Å². The number of carbonyl (C=O) groups is 2. The van der Waals surface area contributed by atoms with Gasteiger partial charge in [0.1, 0.15) is 16.2 Å². The minimum atomic E-state index is -3.76. The first-order chi connectivity index (χ1) is 15.0. The maximum absolute atomic E-state index is 12.5. The number of rotatable bonds is 8. The molecule has 1 aromatic rings. The van der Waals surface area contributed by atoms with Crippen LogP contribution in [0.4, 0.5) is 4.79 Å². The van der Waals surface area contributed by atoms with Gasteiger partial charge in [0.15, 0.2) is 0 Å². The van der Waals surface area contributed by atoms with Gasteiger partial charge < -0.3 is 19.7 Å². The summed E-state index contributed by atoms with van der Waals surface area (Å²) in [5.41, 5.74) is -0.264. The van der Waals surface area contributed by atoms with Gasteiger partial charge in [-0.15, -0.1) is 0 Å². The molecule has 2 N–H and O–H groups in total. The highest BCUT2D eigenvalue weighted by atomic mass is 32.2. The molecule has 2 rings (SSSR count). The summed E-state index contributed by atoms with van der Waals surface area (Å²) in [5, 5.41) is 2.82. The van der Waals surface area contributed by atoms with Crippen molar-refractivity contribution >= 4 is 22.0 Å². The molecule has 1 saturated heterocycles. The van der Waals surface area contributed by atoms with E-state index in [0.717, 1.165) is 26.1 Å². The number of hydrogen-bond acceptors (Lipinski definition) is 7. The summed E-state index contributed by atoms with van der Waals surface area (Å²) in [4.78, 5) is 28.4. The van der Waals surface area contributed by atoms with E-state index in [1.807, 2.05) is 20.8 Å². The van der Waals surface area contributed by atoms with Crippen molar-refractivity contribution < 1.29 is 27.5 Å². The van der Waals surface area contributed by atoms with Crippen LogP contribution in [0.15, 0.2) is 23.1 Å². The van der Waals surface area contributed by atoms with E-state index < -0.39 is 15.6 Å². The Balaban J connectivity index is 1.79. The summed E-state index contributed by atoms with van der Waals surface area (Å²) in [6.07, 6.45) is 0.444. The zero-order valence-corrected chi connectivity index (χ0v) is 20.3. The molecule has 1 aliphatic rings. The first-order valence-electron chi connectivity index (χ1n) is 10.6. The van der Waals surface area contributed by atoms with Crippen molar-refractivity contribution in [2.75, 3.05) is 53.4 Å². The fourth-order valence-electron chi connectivity index (χ4n) is 3.23. The van der Waals surface area contributed by atoms with Crippen molar-refractivity contribution in [2.45, 2.75) is 37.7 Å². The van der Waals surface area contributed by atoms with E-state index in [-0.39, 0.29) is 28.2 Å². The predicted molar refractivity (Wildman–Crippen MR) is 120 cm³/mol. The van der Waals surface area contributed by atoms with Crippen LogP contribution >= 0.6 is 0 Å². The number of methoxy groups -OCH3 is 1. The minimum absolute atomic E-state index is 0.0852. The summed E-state index contributed by atoms with van der Waals surface area (Å²) in [5.74, 6) is -0.184. The molecule has 32 heavy (non-hydrogen) atoms. The van der Waals surface area contributed by atoms with Gasteiger partial charge in [-0.3, -0.25) is 9.69 Å². The SMILES string of the molecule is CNS(=O)(=O)c1cc(C(=O)NCCCN2CCN(C(=O)OC(C)(C)C)CC2)ccc1OC. The van der Waals surface area contributed by atoms with E-state index in [4.69, 9.17) is 9.47 Å². The summed E-state index contributed by atoms with van der Waals surface area (Å²) >= 11 is 0. The highest BCUT2D eigenvalue weighted by molar-refractivity contribution is 7.89. The molecule has 1 fully saturated rings. The molecule has 0 spiro atoms. The lowest BCUT2D eigenvalue weighted by Crippen LogP contribution is -2.50. The molecule has 10 nitrogen and oxygen atoms in total. The van der Waals surface area contributed by atoms with Crippen LogP contribution in [-0.2, 0) is 14.8 Å². The maximum atomic E-state index is 12.5. The van der Waals surface area contributed by atoms with E-state index in [1.165, 1.54) is 32.4 Å². The third-order valence-corrected chi connectivity index (χ3v) is 6.38. The molecular formula is C21H34N4O6S. The fraction of sp³-hybridized carbons (Fsp3) is 0.619. The fourth-order valence-corrected chi connectivity index (χ4v) is 4.14. The lowest BCUT2D eigenvalue weighted by atomic mass is 10.2. The zero-order chi connectivity index (χ0) is 23.9. The van der Waals surface area contributed by atoms with Gasteiger partial charge in [0, 0.05) is 38.3 Å². The molecule has 180 valence electrons. The molecule has 1 aromatic carbocycles. The Labute approximate surface area is 190 Å². The first kappa shape index (κ1) is 25.9. The summed E-state index contributed by atoms with van der Waals surface area (Å²) in [6.45, 7) is 9.49. The number of sulfonamides is 1. The molecule has 0 aromatic heterocycles. The van der Waals surface area contributed by atoms with Crippen molar-refractivity contribution in [3.63, 3.8) is 0 Å². The van der Waals surface area contributed by atoms with Gasteiger partial charge in [0.25, 0.3) is 5.91 Å². The van der Waals surface area contributed by atoms with Gasteiger partial charge in [0.2, 0.25) is 10.0 Å². The van der Waals surface area contributed by atoms with Crippen LogP contribution in [0.2, 0.25) is 0 Å². The number of nitrogens with one attached hydrogen (secondary N) is 2. The van der Waals surface area contributed by atoms with Crippen LogP contribution in [0, 0.1) is 0 Å². The number of amides is 2. The van der Waals surface area contributed by atoms with Gasteiger partial charge in [-0.1, -0.05) is 0 Å². The number of ether oxygens (including phenoxy) is 2. The van der Waals surface area contributed by atoms with Gasteiger partial charge in [-0.05, 0) is 59.0 Å². The zero-order valence-electron chi connectivity index (χ0n) is 19.4. The van der Waals surface area contributed by atoms with Gasteiger partial charge in [-0.2, -0.15) is 0 Å². The Morgan fingerprint density at radius 2 is 1.78 bits per heavy atom. The third kappa shape index (κ3) is 7.35. The largest absolute Gasteiger partial charge is 0.495 e. The molecule has 0 unspecified atom stereocenters. The van der Waals surface area contributed by atoms with E-state index in [2.05, 4.69) is 14.9 Å². The van der Waals surface area contributed by atoms with Crippen molar-refractivity contribution in [2.24, 2.45) is 0 Å². The monoisotopic (exact) mass is 470 g/mol. The van der Waals surface area contributed by atoms with E-state index in [9.17, 15) is 18.0 Å². The molecule has 0 aliphatic carbocycles. The van der Waals surface area contributed by atoms with Crippen molar-refractivity contribution in [3.05, 3.63) is 23.8 Å². The van der Waals surface area contributed by atoms with Gasteiger partial charge >= 0.3 is 6.09 Å². The predicted octanol–water partition coefficient (Wildman–Crippen LogP) is 1.28. The smallest absolute Gasteiger partial charge is 0.410 e. The van der Waals surface area contributed by atoms with E-state index in [1.54, 1.807) is 4.90 Å². The first-order valence-corrected chi connectivity index (χ1v) is 12.0. The molecule has 2 amide bonds. The molecular weight excluding hydrogens is 436 g/mol. The Morgan fingerprint density at radius 3 is 2.34 bits per heavy atom. The average molecular weight is 471 g/mol. The normalized spacial score (nSPS) is 15.3. The molecule has 1 heterocycles. The molecule has 0 saturated carbocycles. The molecule has 0 radical (unpaired) electrons. The summed E-state index contributed by atoms with van der Waals surface area (Å²) in [7, 11) is -1.08. The topological polar surface area (TPSA) is 117 Å². The molecule has 0 atom stereocenters. The second-order valence-corrected chi connectivity index (χ2v) is 10.3. The molecule has 11 heteroatoms. The maximum Gasteiger partial charge on any atom is 0.410 e. The minimum Gasteiger partial charge on any atom is -0.495 e. The highest BCUT2D eigenvalue weighted by Crippen LogP contribution is 2.24. The Kier molecular flexibility index (Phi) is 8.88. The van der Waals surface area contributed by atoms with Crippen LogP contribution < -0.4 is 14.8 Å². The van der Waals surface area contributed by atoms with Crippen LogP contribution in [0.5, 0.6) is 5.75 Å². The van der Waals surface area contributed by atoms with Crippen molar-refractivity contribution in [1.29, 1.82) is 0 Å². The lowest BCUT2D eigenvalue weighted by molar-refractivity contribution is 0.0144. The van der Waals surface area contributed by atoms with Crippen molar-refractivity contribution in [3.8, 4) is 5.75 Å². The lowest BCUT2D eigenvalue weighted by Gasteiger charge is -2.35. The van der Waals surface area contributed by atoms with Gasteiger partial charge in [-0.25, -0.2) is 17.9 Å². The third-order valence-electron chi connectivity index (χ3n) is 4.94.